The molecule has 1 aromatic carbocycles. The first kappa shape index (κ1) is 16.5. The van der Waals surface area contributed by atoms with Crippen molar-refractivity contribution in [3.8, 4) is 0 Å². The van der Waals surface area contributed by atoms with Crippen LogP contribution in [-0.2, 0) is 0 Å². The van der Waals surface area contributed by atoms with Gasteiger partial charge < -0.3 is 10.6 Å². The number of alkyl halides is 2. The number of aromatic nitrogens is 1. The summed E-state index contributed by atoms with van der Waals surface area (Å²) in [4.78, 5) is 18.0. The summed E-state index contributed by atoms with van der Waals surface area (Å²) in [7, 11) is 0. The van der Waals surface area contributed by atoms with E-state index in [2.05, 4.69) is 4.98 Å². The average molecular weight is 337 g/mol. The van der Waals surface area contributed by atoms with Crippen LogP contribution in [0.1, 0.15) is 29.3 Å². The standard InChI is InChI=1S/C17H18F3N3O/c1-9-8-23(6-5-17(9,19)20)16-14(15(21)24)10(2)12-7-11(18)3-4-13(12)22-16/h3-4,7,9H,5-6,8H2,1-2H3,(H2,21,24). The maximum atomic E-state index is 13.7. The van der Waals surface area contributed by atoms with E-state index in [9.17, 15) is 18.0 Å². The van der Waals surface area contributed by atoms with Crippen molar-refractivity contribution in [2.75, 3.05) is 18.0 Å². The molecule has 24 heavy (non-hydrogen) atoms. The molecule has 1 saturated heterocycles. The third-order valence-corrected chi connectivity index (χ3v) is 4.66. The van der Waals surface area contributed by atoms with Gasteiger partial charge in [0, 0.05) is 30.8 Å². The Balaban J connectivity index is 2.15. The Morgan fingerprint density at radius 1 is 1.42 bits per heavy atom. The molecule has 1 amide bonds. The largest absolute Gasteiger partial charge is 0.365 e. The van der Waals surface area contributed by atoms with Gasteiger partial charge in [-0.3, -0.25) is 4.79 Å². The lowest BCUT2D eigenvalue weighted by Crippen LogP contribution is -2.46. The number of nitrogens with two attached hydrogens (primary N) is 1. The number of carbonyl (C=O) groups excluding carboxylic acids is 1. The maximum absolute atomic E-state index is 13.7. The summed E-state index contributed by atoms with van der Waals surface area (Å²) in [6.07, 6.45) is -0.311. The highest BCUT2D eigenvalue weighted by Crippen LogP contribution is 2.37. The van der Waals surface area contributed by atoms with Crippen molar-refractivity contribution >= 4 is 22.6 Å². The predicted molar refractivity (Wildman–Crippen MR) is 85.9 cm³/mol. The molecule has 1 aliphatic heterocycles. The van der Waals surface area contributed by atoms with Crippen LogP contribution in [-0.4, -0.2) is 29.9 Å². The molecular formula is C17H18F3N3O. The van der Waals surface area contributed by atoms with Crippen LogP contribution >= 0.6 is 0 Å². The molecule has 1 aliphatic rings. The van der Waals surface area contributed by atoms with Gasteiger partial charge in [0.1, 0.15) is 11.6 Å². The smallest absolute Gasteiger partial charge is 0.254 e. The number of rotatable bonds is 2. The molecule has 3 rings (SSSR count). The fourth-order valence-electron chi connectivity index (χ4n) is 3.18. The molecule has 0 bridgehead atoms. The van der Waals surface area contributed by atoms with E-state index < -0.39 is 23.6 Å². The molecule has 0 spiro atoms. The van der Waals surface area contributed by atoms with Crippen molar-refractivity contribution in [2.45, 2.75) is 26.2 Å². The molecule has 0 aliphatic carbocycles. The van der Waals surface area contributed by atoms with Gasteiger partial charge in [-0.1, -0.05) is 6.92 Å². The van der Waals surface area contributed by atoms with E-state index in [1.165, 1.54) is 25.1 Å². The number of halogens is 3. The number of primary amides is 1. The number of anilines is 1. The Kier molecular flexibility index (Phi) is 3.89. The van der Waals surface area contributed by atoms with Gasteiger partial charge in [0.15, 0.2) is 0 Å². The van der Waals surface area contributed by atoms with Gasteiger partial charge in [-0.25, -0.2) is 18.2 Å². The lowest BCUT2D eigenvalue weighted by atomic mass is 9.94. The molecule has 1 atom stereocenters. The lowest BCUT2D eigenvalue weighted by molar-refractivity contribution is -0.0652. The van der Waals surface area contributed by atoms with E-state index in [0.29, 0.717) is 22.3 Å². The van der Waals surface area contributed by atoms with Gasteiger partial charge in [0.25, 0.3) is 11.8 Å². The molecule has 2 aromatic rings. The molecule has 4 nitrogen and oxygen atoms in total. The zero-order valence-corrected chi connectivity index (χ0v) is 13.4. The maximum Gasteiger partial charge on any atom is 0.254 e. The zero-order valence-electron chi connectivity index (χ0n) is 13.4. The second-order valence-corrected chi connectivity index (χ2v) is 6.32. The van der Waals surface area contributed by atoms with Crippen molar-refractivity contribution in [1.29, 1.82) is 0 Å². The number of hydrogen-bond acceptors (Lipinski definition) is 3. The minimum Gasteiger partial charge on any atom is -0.365 e. The summed E-state index contributed by atoms with van der Waals surface area (Å²) in [6, 6.07) is 4.07. The van der Waals surface area contributed by atoms with Gasteiger partial charge in [-0.15, -0.1) is 0 Å². The van der Waals surface area contributed by atoms with E-state index in [0.717, 1.165) is 0 Å². The summed E-state index contributed by atoms with van der Waals surface area (Å²) < 4.78 is 41.0. The normalized spacial score (nSPS) is 20.4. The Bertz CT molecular complexity index is 822. The zero-order chi connectivity index (χ0) is 17.6. The number of carbonyl (C=O) groups is 1. The first-order valence-electron chi connectivity index (χ1n) is 7.73. The highest BCUT2D eigenvalue weighted by molar-refractivity contribution is 6.04. The Morgan fingerprint density at radius 3 is 2.75 bits per heavy atom. The summed E-state index contributed by atoms with van der Waals surface area (Å²) in [5, 5.41) is 0.489. The average Bonchev–Trinajstić information content (AvgIpc) is 2.50. The quantitative estimate of drug-likeness (QED) is 0.915. The van der Waals surface area contributed by atoms with Crippen LogP contribution in [0.4, 0.5) is 19.0 Å². The van der Waals surface area contributed by atoms with Crippen LogP contribution in [0.25, 0.3) is 10.9 Å². The van der Waals surface area contributed by atoms with Crippen molar-refractivity contribution in [3.63, 3.8) is 0 Å². The first-order valence-corrected chi connectivity index (χ1v) is 7.73. The van der Waals surface area contributed by atoms with Crippen LogP contribution in [0.15, 0.2) is 18.2 Å². The topological polar surface area (TPSA) is 59.2 Å². The fourth-order valence-corrected chi connectivity index (χ4v) is 3.18. The summed E-state index contributed by atoms with van der Waals surface area (Å²) >= 11 is 0. The van der Waals surface area contributed by atoms with Crippen molar-refractivity contribution in [2.24, 2.45) is 11.7 Å². The number of piperidine rings is 1. The Morgan fingerprint density at radius 2 is 2.12 bits per heavy atom. The SMILES string of the molecule is Cc1c(C(N)=O)c(N2CCC(F)(F)C(C)C2)nc2ccc(F)cc12. The van der Waals surface area contributed by atoms with Crippen molar-refractivity contribution in [3.05, 3.63) is 35.1 Å². The number of fused-ring (bicyclic) bond motifs is 1. The molecule has 7 heteroatoms. The summed E-state index contributed by atoms with van der Waals surface area (Å²) in [5.41, 5.74) is 6.65. The molecule has 0 radical (unpaired) electrons. The van der Waals surface area contributed by atoms with Gasteiger partial charge in [0.05, 0.1) is 11.1 Å². The number of pyridine rings is 1. The molecule has 128 valence electrons. The Labute approximate surface area is 137 Å². The van der Waals surface area contributed by atoms with E-state index >= 15 is 0 Å². The van der Waals surface area contributed by atoms with Gasteiger partial charge in [0.2, 0.25) is 0 Å². The van der Waals surface area contributed by atoms with Crippen LogP contribution in [0.2, 0.25) is 0 Å². The number of nitrogens with zero attached hydrogens (tertiary/aromatic N) is 2. The van der Waals surface area contributed by atoms with Crippen molar-refractivity contribution in [1.82, 2.24) is 4.98 Å². The third kappa shape index (κ3) is 2.68. The van der Waals surface area contributed by atoms with E-state index in [1.54, 1.807) is 11.8 Å². The predicted octanol–water partition coefficient (Wildman–Crippen LogP) is 3.26. The van der Waals surface area contributed by atoms with Crippen LogP contribution in [0.5, 0.6) is 0 Å². The highest BCUT2D eigenvalue weighted by atomic mass is 19.3. The van der Waals surface area contributed by atoms with E-state index in [4.69, 9.17) is 5.73 Å². The number of benzene rings is 1. The molecule has 1 fully saturated rings. The second kappa shape index (κ2) is 5.65. The molecular weight excluding hydrogens is 319 g/mol. The first-order chi connectivity index (χ1) is 11.2. The van der Waals surface area contributed by atoms with Gasteiger partial charge in [-0.05, 0) is 30.7 Å². The molecule has 1 unspecified atom stereocenters. The highest BCUT2D eigenvalue weighted by Gasteiger charge is 2.42. The number of amides is 1. The van der Waals surface area contributed by atoms with Crippen LogP contribution < -0.4 is 10.6 Å². The number of hydrogen-bond donors (Lipinski definition) is 1. The second-order valence-electron chi connectivity index (χ2n) is 6.32. The summed E-state index contributed by atoms with van der Waals surface area (Å²) in [6.45, 7) is 3.29. The Hall–Kier alpha value is -2.31. The summed E-state index contributed by atoms with van der Waals surface area (Å²) in [5.74, 6) is -4.45. The molecule has 2 heterocycles. The molecule has 1 aromatic heterocycles. The van der Waals surface area contributed by atoms with Gasteiger partial charge >= 0.3 is 0 Å². The van der Waals surface area contributed by atoms with E-state index in [-0.39, 0.29) is 25.1 Å². The van der Waals surface area contributed by atoms with Crippen molar-refractivity contribution < 1.29 is 18.0 Å². The van der Waals surface area contributed by atoms with Crippen LogP contribution in [0, 0.1) is 18.7 Å². The molecule has 0 saturated carbocycles. The monoisotopic (exact) mass is 337 g/mol. The van der Waals surface area contributed by atoms with Gasteiger partial charge in [-0.2, -0.15) is 0 Å². The minimum absolute atomic E-state index is 0.0758. The molecule has 2 N–H and O–H groups in total. The minimum atomic E-state index is -2.74. The third-order valence-electron chi connectivity index (χ3n) is 4.66. The van der Waals surface area contributed by atoms with Crippen LogP contribution in [0.3, 0.4) is 0 Å². The van der Waals surface area contributed by atoms with E-state index in [1.807, 2.05) is 0 Å². The lowest BCUT2D eigenvalue weighted by Gasteiger charge is -2.38. The number of aryl methyl sites for hydroxylation is 1. The fraction of sp³-hybridized carbons (Fsp3) is 0.412.